The lowest BCUT2D eigenvalue weighted by molar-refractivity contribution is 0.314. The molecule has 0 saturated heterocycles. The highest BCUT2D eigenvalue weighted by Crippen LogP contribution is 2.48. The van der Waals surface area contributed by atoms with E-state index in [2.05, 4.69) is 58.9 Å². The van der Waals surface area contributed by atoms with Crippen LogP contribution in [0.5, 0.6) is 23.0 Å². The number of hydrogen-bond acceptors (Lipinski definition) is 4. The molecule has 0 amide bonds. The molecule has 35 heavy (non-hydrogen) atoms. The van der Waals surface area contributed by atoms with E-state index in [-0.39, 0.29) is 23.0 Å². The zero-order valence-corrected chi connectivity index (χ0v) is 23.4. The van der Waals surface area contributed by atoms with Gasteiger partial charge in [0.1, 0.15) is 0 Å². The number of allylic oxidation sites excluding steroid dienone is 8. The topological polar surface area (TPSA) is 58.9 Å². The third-order valence-corrected chi connectivity index (χ3v) is 6.53. The average Bonchev–Trinajstić information content (AvgIpc) is 2.81. The Morgan fingerprint density at radius 2 is 1.06 bits per heavy atom. The molecule has 0 aliphatic carbocycles. The summed E-state index contributed by atoms with van der Waals surface area (Å²) in [7, 11) is 2.90. The first kappa shape index (κ1) is 30.4. The van der Waals surface area contributed by atoms with Gasteiger partial charge in [-0.05, 0) is 86.0 Å². The Labute approximate surface area is 214 Å². The van der Waals surface area contributed by atoms with E-state index >= 15 is 0 Å². The molecule has 4 heteroatoms. The van der Waals surface area contributed by atoms with E-state index in [0.29, 0.717) is 17.5 Å². The maximum absolute atomic E-state index is 10.6. The van der Waals surface area contributed by atoms with E-state index in [9.17, 15) is 10.2 Å². The van der Waals surface area contributed by atoms with Crippen LogP contribution < -0.4 is 9.47 Å². The van der Waals surface area contributed by atoms with Crippen LogP contribution in [0.4, 0.5) is 0 Å². The van der Waals surface area contributed by atoms with Crippen LogP contribution in [0, 0.1) is 6.92 Å². The highest BCUT2D eigenvalue weighted by atomic mass is 16.5. The Hall–Kier alpha value is -2.62. The molecule has 1 rings (SSSR count). The van der Waals surface area contributed by atoms with Crippen molar-refractivity contribution >= 4 is 0 Å². The Bertz CT molecular complexity index is 932. The van der Waals surface area contributed by atoms with Gasteiger partial charge in [0.2, 0.25) is 11.5 Å². The van der Waals surface area contributed by atoms with Gasteiger partial charge in [-0.15, -0.1) is 0 Å². The minimum absolute atomic E-state index is 0.00844. The van der Waals surface area contributed by atoms with Gasteiger partial charge in [0.25, 0.3) is 0 Å². The minimum atomic E-state index is 0.00844. The van der Waals surface area contributed by atoms with Gasteiger partial charge in [0.05, 0.1) is 14.2 Å². The zero-order valence-electron chi connectivity index (χ0n) is 23.4. The van der Waals surface area contributed by atoms with E-state index in [1.165, 1.54) is 49.4 Å². The summed E-state index contributed by atoms with van der Waals surface area (Å²) in [5.41, 5.74) is 6.94. The maximum atomic E-state index is 10.6. The number of benzene rings is 1. The first-order chi connectivity index (χ1) is 16.7. The van der Waals surface area contributed by atoms with Crippen LogP contribution in [0.25, 0.3) is 0 Å². The smallest absolute Gasteiger partial charge is 0.207 e. The van der Waals surface area contributed by atoms with Crippen LogP contribution in [0.3, 0.4) is 0 Å². The molecule has 0 saturated carbocycles. The molecule has 2 N–H and O–H groups in total. The summed E-state index contributed by atoms with van der Waals surface area (Å²) in [6.45, 7) is 12.8. The SMILES string of the molecule is CCC/C(C)=C/CC/C(C)=C/CC/C(C)=C\CC/C(C)=C/Cc1c(C)c(O)c(OC)c(OC)c1O. The van der Waals surface area contributed by atoms with Crippen LogP contribution in [0.2, 0.25) is 0 Å². The molecule has 196 valence electrons. The number of methoxy groups -OCH3 is 2. The summed E-state index contributed by atoms with van der Waals surface area (Å²) in [5, 5.41) is 21.0. The molecule has 0 spiro atoms. The van der Waals surface area contributed by atoms with E-state index in [1.54, 1.807) is 6.92 Å². The predicted octanol–water partition coefficient (Wildman–Crippen LogP) is 8.89. The molecule has 0 radical (unpaired) electrons. The van der Waals surface area contributed by atoms with Crippen molar-refractivity contribution < 1.29 is 19.7 Å². The van der Waals surface area contributed by atoms with Crippen LogP contribution in [0.1, 0.15) is 97.1 Å². The number of ether oxygens (including phenoxy) is 2. The second-order valence-corrected chi connectivity index (χ2v) is 9.64. The van der Waals surface area contributed by atoms with Crippen molar-refractivity contribution in [3.63, 3.8) is 0 Å². The molecular weight excluding hydrogens is 436 g/mol. The lowest BCUT2D eigenvalue weighted by atomic mass is 9.99. The zero-order chi connectivity index (χ0) is 26.4. The van der Waals surface area contributed by atoms with E-state index in [0.717, 1.165) is 38.5 Å². The molecule has 1 aromatic rings. The number of rotatable bonds is 15. The highest BCUT2D eigenvalue weighted by Gasteiger charge is 2.22. The van der Waals surface area contributed by atoms with Crippen molar-refractivity contribution in [3.8, 4) is 23.0 Å². The summed E-state index contributed by atoms with van der Waals surface area (Å²) < 4.78 is 10.5. The Kier molecular flexibility index (Phi) is 14.0. The van der Waals surface area contributed by atoms with Gasteiger partial charge >= 0.3 is 0 Å². The molecule has 0 bridgehead atoms. The normalized spacial score (nSPS) is 13.4. The van der Waals surface area contributed by atoms with Gasteiger partial charge < -0.3 is 19.7 Å². The van der Waals surface area contributed by atoms with Gasteiger partial charge in [0.15, 0.2) is 11.5 Å². The highest BCUT2D eigenvalue weighted by molar-refractivity contribution is 5.66. The first-order valence-corrected chi connectivity index (χ1v) is 12.9. The quantitative estimate of drug-likeness (QED) is 0.193. The van der Waals surface area contributed by atoms with E-state index in [1.807, 2.05) is 0 Å². The van der Waals surface area contributed by atoms with Crippen molar-refractivity contribution in [1.29, 1.82) is 0 Å². The molecular formula is C31H48O4. The summed E-state index contributed by atoms with van der Waals surface area (Å²) >= 11 is 0. The lowest BCUT2D eigenvalue weighted by Crippen LogP contribution is -1.98. The largest absolute Gasteiger partial charge is 0.504 e. The Morgan fingerprint density at radius 1 is 0.657 bits per heavy atom. The van der Waals surface area contributed by atoms with Gasteiger partial charge in [-0.25, -0.2) is 0 Å². The number of hydrogen-bond donors (Lipinski definition) is 2. The molecule has 0 aliphatic heterocycles. The van der Waals surface area contributed by atoms with Crippen molar-refractivity contribution in [3.05, 3.63) is 57.7 Å². The lowest BCUT2D eigenvalue weighted by Gasteiger charge is -2.17. The third-order valence-electron chi connectivity index (χ3n) is 6.53. The molecule has 0 fully saturated rings. The molecule has 0 atom stereocenters. The number of phenolic OH excluding ortho intramolecular Hbond substituents is 2. The van der Waals surface area contributed by atoms with Gasteiger partial charge in [-0.2, -0.15) is 0 Å². The fourth-order valence-electron chi connectivity index (χ4n) is 4.19. The van der Waals surface area contributed by atoms with Crippen molar-refractivity contribution in [1.82, 2.24) is 0 Å². The van der Waals surface area contributed by atoms with Gasteiger partial charge in [-0.1, -0.05) is 59.9 Å². The minimum Gasteiger partial charge on any atom is -0.504 e. The maximum Gasteiger partial charge on any atom is 0.207 e. The monoisotopic (exact) mass is 484 g/mol. The van der Waals surface area contributed by atoms with Crippen LogP contribution in [-0.2, 0) is 6.42 Å². The fourth-order valence-corrected chi connectivity index (χ4v) is 4.19. The van der Waals surface area contributed by atoms with Crippen LogP contribution >= 0.6 is 0 Å². The molecule has 0 heterocycles. The molecule has 0 unspecified atom stereocenters. The molecule has 0 aromatic heterocycles. The van der Waals surface area contributed by atoms with Crippen LogP contribution in [0.15, 0.2) is 46.6 Å². The molecule has 4 nitrogen and oxygen atoms in total. The Morgan fingerprint density at radius 3 is 1.49 bits per heavy atom. The molecule has 1 aromatic carbocycles. The number of aromatic hydroxyl groups is 2. The van der Waals surface area contributed by atoms with Crippen molar-refractivity contribution in [2.75, 3.05) is 14.2 Å². The van der Waals surface area contributed by atoms with Crippen molar-refractivity contribution in [2.24, 2.45) is 0 Å². The predicted molar refractivity (Wildman–Crippen MR) is 149 cm³/mol. The first-order valence-electron chi connectivity index (χ1n) is 12.9. The number of phenols is 2. The second-order valence-electron chi connectivity index (χ2n) is 9.64. The summed E-state index contributed by atoms with van der Waals surface area (Å²) in [5.74, 6) is 0.364. The van der Waals surface area contributed by atoms with Crippen LogP contribution in [-0.4, -0.2) is 24.4 Å². The standard InChI is InChI=1S/C31H48O4/c1-9-13-22(2)14-10-15-23(3)16-11-17-24(4)18-12-19-25(5)20-21-27-26(6)28(32)30(34-7)31(35-8)29(27)33/h14,16,18,20,32-33H,9-13,15,17,19,21H2,1-8H3/b22-14+,23-16+,24-18-,25-20+. The fraction of sp³-hybridized carbons (Fsp3) is 0.548. The second kappa shape index (κ2) is 16.1. The summed E-state index contributed by atoms with van der Waals surface area (Å²) in [6.07, 6.45) is 18.7. The average molecular weight is 485 g/mol. The van der Waals surface area contributed by atoms with Gasteiger partial charge in [0, 0.05) is 11.1 Å². The van der Waals surface area contributed by atoms with E-state index in [4.69, 9.17) is 9.47 Å². The summed E-state index contributed by atoms with van der Waals surface area (Å²) in [6, 6.07) is 0. The van der Waals surface area contributed by atoms with E-state index < -0.39 is 0 Å². The summed E-state index contributed by atoms with van der Waals surface area (Å²) in [4.78, 5) is 0. The van der Waals surface area contributed by atoms with Crippen molar-refractivity contribution in [2.45, 2.75) is 99.3 Å². The van der Waals surface area contributed by atoms with Gasteiger partial charge in [-0.3, -0.25) is 0 Å². The third kappa shape index (κ3) is 10.3. The Balaban J connectivity index is 2.57. The molecule has 0 aliphatic rings.